The Morgan fingerprint density at radius 2 is 1.61 bits per heavy atom. The van der Waals surface area contributed by atoms with Crippen LogP contribution in [0.3, 0.4) is 0 Å². The topological polar surface area (TPSA) is 114 Å². The summed E-state index contributed by atoms with van der Waals surface area (Å²) < 4.78 is 29.2. The molecule has 186 valence electrons. The number of aryl methyl sites for hydroxylation is 1. The van der Waals surface area contributed by atoms with Crippen LogP contribution < -0.4 is 15.4 Å². The van der Waals surface area contributed by atoms with Crippen molar-refractivity contribution in [3.8, 4) is 0 Å². The normalized spacial score (nSPS) is 11.2. The second-order valence-electron chi connectivity index (χ2n) is 7.69. The zero-order valence-electron chi connectivity index (χ0n) is 19.2. The number of anilines is 3. The Morgan fingerprint density at radius 1 is 0.972 bits per heavy atom. The van der Waals surface area contributed by atoms with Gasteiger partial charge in [0, 0.05) is 33.7 Å². The van der Waals surface area contributed by atoms with Gasteiger partial charge in [0.15, 0.2) is 5.11 Å². The first-order valence-corrected chi connectivity index (χ1v) is 13.2. The van der Waals surface area contributed by atoms with Crippen molar-refractivity contribution < 1.29 is 8.42 Å². The van der Waals surface area contributed by atoms with Crippen molar-refractivity contribution >= 4 is 67.9 Å². The molecule has 0 atom stereocenters. The summed E-state index contributed by atoms with van der Waals surface area (Å²) >= 11 is 18.1. The van der Waals surface area contributed by atoms with E-state index in [2.05, 4.69) is 30.4 Å². The van der Waals surface area contributed by atoms with E-state index >= 15 is 0 Å². The third-order valence-electron chi connectivity index (χ3n) is 5.20. The summed E-state index contributed by atoms with van der Waals surface area (Å²) in [6.07, 6.45) is 2.90. The molecule has 2 aromatic heterocycles. The smallest absolute Gasteiger partial charge is 0.264 e. The Kier molecular flexibility index (Phi) is 7.74. The van der Waals surface area contributed by atoms with Gasteiger partial charge in [0.2, 0.25) is 5.95 Å². The van der Waals surface area contributed by atoms with Gasteiger partial charge in [0.05, 0.1) is 28.5 Å². The Bertz CT molecular complexity index is 1490. The van der Waals surface area contributed by atoms with Crippen molar-refractivity contribution in [1.82, 2.24) is 19.7 Å². The number of aromatic nitrogens is 4. The lowest BCUT2D eigenvalue weighted by atomic mass is 10.2. The maximum Gasteiger partial charge on any atom is 0.264 e. The van der Waals surface area contributed by atoms with Gasteiger partial charge in [-0.1, -0.05) is 29.3 Å². The molecule has 2 heterocycles. The maximum absolute atomic E-state index is 12.6. The minimum atomic E-state index is -3.83. The number of sulfonamides is 1. The van der Waals surface area contributed by atoms with E-state index in [0.717, 1.165) is 22.6 Å². The fourth-order valence-electron chi connectivity index (χ4n) is 3.39. The van der Waals surface area contributed by atoms with Gasteiger partial charge in [0.25, 0.3) is 10.0 Å². The van der Waals surface area contributed by atoms with Crippen LogP contribution in [-0.4, -0.2) is 33.3 Å². The second kappa shape index (κ2) is 10.8. The van der Waals surface area contributed by atoms with Crippen molar-refractivity contribution in [1.29, 1.82) is 0 Å². The highest BCUT2D eigenvalue weighted by Crippen LogP contribution is 2.27. The minimum Gasteiger partial charge on any atom is -0.332 e. The molecule has 0 aliphatic rings. The van der Waals surface area contributed by atoms with Crippen molar-refractivity contribution in [2.24, 2.45) is 0 Å². The molecule has 0 radical (unpaired) electrons. The summed E-state index contributed by atoms with van der Waals surface area (Å²) in [6.45, 7) is 4.19. The quantitative estimate of drug-likeness (QED) is 0.262. The summed E-state index contributed by atoms with van der Waals surface area (Å²) in [5, 5.41) is 12.3. The van der Waals surface area contributed by atoms with E-state index in [-0.39, 0.29) is 10.8 Å². The first-order chi connectivity index (χ1) is 17.1. The third kappa shape index (κ3) is 5.93. The number of halogens is 2. The molecule has 9 nitrogen and oxygen atoms in total. The van der Waals surface area contributed by atoms with Gasteiger partial charge in [-0.25, -0.2) is 23.1 Å². The van der Waals surface area contributed by atoms with Crippen LogP contribution in [0.2, 0.25) is 10.0 Å². The van der Waals surface area contributed by atoms with Crippen molar-refractivity contribution in [2.45, 2.75) is 25.3 Å². The summed E-state index contributed by atoms with van der Waals surface area (Å²) in [7, 11) is -3.83. The molecule has 3 N–H and O–H groups in total. The van der Waals surface area contributed by atoms with Gasteiger partial charge in [-0.05, 0) is 68.5 Å². The van der Waals surface area contributed by atoms with Gasteiger partial charge >= 0.3 is 0 Å². The Balaban J connectivity index is 1.43. The van der Waals surface area contributed by atoms with Crippen LogP contribution in [0.4, 0.5) is 17.3 Å². The van der Waals surface area contributed by atoms with Crippen LogP contribution in [0, 0.1) is 13.8 Å². The highest BCUT2D eigenvalue weighted by Gasteiger charge is 2.17. The molecule has 0 saturated heterocycles. The number of nitrogens with one attached hydrogen (secondary N) is 3. The fraction of sp³-hybridized carbons (Fsp3) is 0.130. The lowest BCUT2D eigenvalue weighted by molar-refractivity contribution is 0.601. The van der Waals surface area contributed by atoms with Crippen LogP contribution in [0.1, 0.15) is 17.0 Å². The molecule has 0 amide bonds. The van der Waals surface area contributed by atoms with Crippen LogP contribution in [0.25, 0.3) is 0 Å². The predicted molar refractivity (Wildman–Crippen MR) is 146 cm³/mol. The van der Waals surface area contributed by atoms with Crippen LogP contribution in [-0.2, 0) is 16.6 Å². The molecule has 4 rings (SSSR count). The van der Waals surface area contributed by atoms with Crippen LogP contribution in [0.5, 0.6) is 0 Å². The van der Waals surface area contributed by atoms with Crippen molar-refractivity contribution in [3.63, 3.8) is 0 Å². The molecule has 2 aromatic carbocycles. The number of hydrogen-bond donors (Lipinski definition) is 3. The number of hydrogen-bond acceptors (Lipinski definition) is 6. The summed E-state index contributed by atoms with van der Waals surface area (Å²) in [6, 6.07) is 13.1. The van der Waals surface area contributed by atoms with Crippen LogP contribution in [0.15, 0.2) is 65.8 Å². The number of rotatable bonds is 7. The average molecular weight is 563 g/mol. The molecule has 0 fully saturated rings. The van der Waals surface area contributed by atoms with Gasteiger partial charge in [-0.3, -0.25) is 4.68 Å². The Morgan fingerprint density at radius 3 is 2.25 bits per heavy atom. The molecular formula is C23H21Cl2N7O2S2. The van der Waals surface area contributed by atoms with E-state index in [9.17, 15) is 8.42 Å². The van der Waals surface area contributed by atoms with E-state index in [1.807, 2.05) is 13.8 Å². The largest absolute Gasteiger partial charge is 0.332 e. The molecule has 0 saturated carbocycles. The monoisotopic (exact) mass is 561 g/mol. The molecule has 0 aliphatic carbocycles. The molecule has 0 bridgehead atoms. The summed E-state index contributed by atoms with van der Waals surface area (Å²) in [5.74, 6) is -0.00632. The van der Waals surface area contributed by atoms with Crippen molar-refractivity contribution in [3.05, 3.63) is 87.9 Å². The minimum absolute atomic E-state index is 0.00632. The number of thiocarbonyl (C=S) groups is 1. The molecule has 36 heavy (non-hydrogen) atoms. The predicted octanol–water partition coefficient (Wildman–Crippen LogP) is 5.25. The molecule has 0 unspecified atom stereocenters. The average Bonchev–Trinajstić information content (AvgIpc) is 3.09. The zero-order chi connectivity index (χ0) is 25.9. The first-order valence-electron chi connectivity index (χ1n) is 10.6. The maximum atomic E-state index is 12.6. The van der Waals surface area contributed by atoms with Gasteiger partial charge in [-0.2, -0.15) is 5.10 Å². The Hall–Kier alpha value is -3.25. The summed E-state index contributed by atoms with van der Waals surface area (Å²) in [4.78, 5) is 7.81. The summed E-state index contributed by atoms with van der Waals surface area (Å²) in [5.41, 5.74) is 3.73. The molecule has 0 aliphatic heterocycles. The highest BCUT2D eigenvalue weighted by molar-refractivity contribution is 7.92. The lowest BCUT2D eigenvalue weighted by Gasteiger charge is -2.12. The van der Waals surface area contributed by atoms with Gasteiger partial charge in [-0.15, -0.1) is 0 Å². The standard InChI is InChI=1S/C23H21Cl2N7O2S2/c1-14-21(15(2)32(30-14)13-18-19(24)5-3-6-20(18)25)29-23(35)28-16-7-9-17(10-8-16)36(33,34)31-22-26-11-4-12-27-22/h3-12H,13H2,1-2H3,(H,26,27,31)(H2,28,29,35). The second-order valence-corrected chi connectivity index (χ2v) is 10.6. The van der Waals surface area contributed by atoms with Gasteiger partial charge < -0.3 is 10.6 Å². The van der Waals surface area contributed by atoms with Crippen molar-refractivity contribution in [2.75, 3.05) is 15.4 Å². The molecule has 4 aromatic rings. The fourth-order valence-corrected chi connectivity index (χ4v) is 5.08. The number of benzene rings is 2. The van der Waals surface area contributed by atoms with E-state index in [0.29, 0.717) is 27.4 Å². The SMILES string of the molecule is Cc1nn(Cc2c(Cl)cccc2Cl)c(C)c1NC(=S)Nc1ccc(S(=O)(=O)Nc2ncccn2)cc1. The molecular weight excluding hydrogens is 541 g/mol. The van der Waals surface area contributed by atoms with E-state index in [1.54, 1.807) is 41.1 Å². The molecule has 0 spiro atoms. The van der Waals surface area contributed by atoms with E-state index in [4.69, 9.17) is 35.4 Å². The zero-order valence-corrected chi connectivity index (χ0v) is 22.3. The van der Waals surface area contributed by atoms with Crippen LogP contribution >= 0.6 is 35.4 Å². The van der Waals surface area contributed by atoms with E-state index in [1.165, 1.54) is 24.5 Å². The van der Waals surface area contributed by atoms with E-state index < -0.39 is 10.0 Å². The number of nitrogens with zero attached hydrogens (tertiary/aromatic N) is 4. The molecule has 13 heteroatoms. The lowest BCUT2D eigenvalue weighted by Crippen LogP contribution is -2.20. The first kappa shape index (κ1) is 25.8. The van der Waals surface area contributed by atoms with Gasteiger partial charge in [0.1, 0.15) is 0 Å². The third-order valence-corrected chi connectivity index (χ3v) is 7.46. The highest BCUT2D eigenvalue weighted by atomic mass is 35.5. The Labute approximate surface area is 223 Å².